The second-order valence-corrected chi connectivity index (χ2v) is 5.28. The van der Waals surface area contributed by atoms with Gasteiger partial charge in [0.25, 0.3) is 0 Å². The normalized spacial score (nSPS) is 11.9. The molecule has 0 atom stereocenters. The third-order valence-corrected chi connectivity index (χ3v) is 2.49. The Morgan fingerprint density at radius 2 is 1.95 bits per heavy atom. The van der Waals surface area contributed by atoms with Crippen LogP contribution in [0.3, 0.4) is 0 Å². The van der Waals surface area contributed by atoms with E-state index in [4.69, 9.17) is 4.74 Å². The van der Waals surface area contributed by atoms with Crippen LogP contribution in [0, 0.1) is 0 Å². The molecule has 0 unspecified atom stereocenters. The van der Waals surface area contributed by atoms with Gasteiger partial charge < -0.3 is 4.74 Å². The summed E-state index contributed by atoms with van der Waals surface area (Å²) in [6.45, 7) is 5.53. The van der Waals surface area contributed by atoms with Gasteiger partial charge in [-0.05, 0) is 38.3 Å². The molecule has 0 spiro atoms. The summed E-state index contributed by atoms with van der Waals surface area (Å²) in [7, 11) is 0. The van der Waals surface area contributed by atoms with Gasteiger partial charge >= 0.3 is 5.97 Å². The quantitative estimate of drug-likeness (QED) is 0.608. The molecule has 3 nitrogen and oxygen atoms in total. The van der Waals surface area contributed by atoms with Crippen LogP contribution in [0.1, 0.15) is 26.5 Å². The first-order valence-electron chi connectivity index (χ1n) is 6.20. The molecule has 0 amide bonds. The Morgan fingerprint density at radius 1 is 1.21 bits per heavy atom. The van der Waals surface area contributed by atoms with Gasteiger partial charge in [-0.1, -0.05) is 24.3 Å². The minimum atomic E-state index is -0.479. The number of pyridine rings is 1. The molecule has 1 heterocycles. The molecular weight excluding hydrogens is 238 g/mol. The second-order valence-electron chi connectivity index (χ2n) is 5.28. The molecule has 0 saturated carbocycles. The van der Waals surface area contributed by atoms with Crippen LogP contribution in [0.5, 0.6) is 0 Å². The van der Waals surface area contributed by atoms with Crippen LogP contribution in [0.15, 0.2) is 42.6 Å². The molecule has 0 aliphatic heterocycles. The number of rotatable bonds is 2. The number of hydrogen-bond acceptors (Lipinski definition) is 3. The van der Waals surface area contributed by atoms with Crippen molar-refractivity contribution in [3.05, 3.63) is 48.3 Å². The van der Waals surface area contributed by atoms with E-state index >= 15 is 0 Å². The minimum absolute atomic E-state index is 0.359. The number of carbonyl (C=O) groups excluding carboxylic acids is 1. The fraction of sp³-hybridized carbons (Fsp3) is 0.250. The van der Waals surface area contributed by atoms with E-state index in [2.05, 4.69) is 4.98 Å². The fourth-order valence-corrected chi connectivity index (χ4v) is 1.76. The average molecular weight is 255 g/mol. The molecule has 19 heavy (non-hydrogen) atoms. The first-order chi connectivity index (χ1) is 8.96. The largest absolute Gasteiger partial charge is 0.457 e. The van der Waals surface area contributed by atoms with Crippen molar-refractivity contribution in [2.75, 3.05) is 0 Å². The van der Waals surface area contributed by atoms with Crippen molar-refractivity contribution < 1.29 is 9.53 Å². The number of carbonyl (C=O) groups is 1. The smallest absolute Gasteiger partial charge is 0.331 e. The van der Waals surface area contributed by atoms with Crippen LogP contribution in [0.2, 0.25) is 0 Å². The summed E-state index contributed by atoms with van der Waals surface area (Å²) in [5.74, 6) is -0.359. The lowest BCUT2D eigenvalue weighted by atomic mass is 10.1. The molecule has 0 radical (unpaired) electrons. The predicted molar refractivity (Wildman–Crippen MR) is 76.6 cm³/mol. The van der Waals surface area contributed by atoms with Crippen LogP contribution in [-0.2, 0) is 9.53 Å². The first kappa shape index (κ1) is 13.3. The van der Waals surface area contributed by atoms with E-state index in [1.54, 1.807) is 12.3 Å². The molecule has 3 heteroatoms. The van der Waals surface area contributed by atoms with Crippen molar-refractivity contribution >= 4 is 22.8 Å². The lowest BCUT2D eigenvalue weighted by Crippen LogP contribution is -2.22. The SMILES string of the molecule is CC(C)(C)OC(=O)C=Cc1nccc2ccccc12. The van der Waals surface area contributed by atoms with Crippen LogP contribution in [0.25, 0.3) is 16.8 Å². The third kappa shape index (κ3) is 3.65. The molecule has 0 bridgehead atoms. The molecule has 98 valence electrons. The standard InChI is InChI=1S/C16H17NO2/c1-16(2,3)19-15(18)9-8-14-13-7-5-4-6-12(13)10-11-17-14/h4-11H,1-3H3. The van der Waals surface area contributed by atoms with Crippen molar-refractivity contribution in [3.8, 4) is 0 Å². The topological polar surface area (TPSA) is 39.2 Å². The Labute approximate surface area is 112 Å². The van der Waals surface area contributed by atoms with Crippen molar-refractivity contribution in [2.45, 2.75) is 26.4 Å². The maximum Gasteiger partial charge on any atom is 0.331 e. The van der Waals surface area contributed by atoms with Gasteiger partial charge in [-0.2, -0.15) is 0 Å². The van der Waals surface area contributed by atoms with E-state index < -0.39 is 5.60 Å². The zero-order chi connectivity index (χ0) is 13.9. The van der Waals surface area contributed by atoms with Crippen molar-refractivity contribution in [3.63, 3.8) is 0 Å². The Hall–Kier alpha value is -2.16. The number of ether oxygens (including phenoxy) is 1. The van der Waals surface area contributed by atoms with Crippen molar-refractivity contribution in [2.24, 2.45) is 0 Å². The number of aromatic nitrogens is 1. The highest BCUT2D eigenvalue weighted by Crippen LogP contribution is 2.17. The van der Waals surface area contributed by atoms with Crippen LogP contribution >= 0.6 is 0 Å². The molecule has 2 rings (SSSR count). The van der Waals surface area contributed by atoms with Gasteiger partial charge in [-0.15, -0.1) is 0 Å². The highest BCUT2D eigenvalue weighted by atomic mass is 16.6. The number of fused-ring (bicyclic) bond motifs is 1. The van der Waals surface area contributed by atoms with E-state index in [1.807, 2.05) is 51.1 Å². The van der Waals surface area contributed by atoms with Gasteiger partial charge in [0.2, 0.25) is 0 Å². The lowest BCUT2D eigenvalue weighted by molar-refractivity contribution is -0.148. The van der Waals surface area contributed by atoms with Crippen LogP contribution < -0.4 is 0 Å². The molecule has 2 aromatic rings. The Morgan fingerprint density at radius 3 is 2.68 bits per heavy atom. The summed E-state index contributed by atoms with van der Waals surface area (Å²) in [6.07, 6.45) is 4.84. The highest BCUT2D eigenvalue weighted by molar-refractivity contribution is 5.93. The van der Waals surface area contributed by atoms with Crippen molar-refractivity contribution in [1.82, 2.24) is 4.98 Å². The summed E-state index contributed by atoms with van der Waals surface area (Å²) in [5, 5.41) is 2.12. The molecule has 0 aliphatic rings. The van der Waals surface area contributed by atoms with E-state index in [0.717, 1.165) is 16.5 Å². The number of hydrogen-bond donors (Lipinski definition) is 0. The molecule has 0 aliphatic carbocycles. The molecule has 1 aromatic carbocycles. The monoisotopic (exact) mass is 255 g/mol. The summed E-state index contributed by atoms with van der Waals surface area (Å²) in [6, 6.07) is 9.87. The van der Waals surface area contributed by atoms with Gasteiger partial charge in [0.1, 0.15) is 5.60 Å². The van der Waals surface area contributed by atoms with Gasteiger partial charge in [-0.3, -0.25) is 4.98 Å². The van der Waals surface area contributed by atoms with Crippen molar-refractivity contribution in [1.29, 1.82) is 0 Å². The zero-order valence-corrected chi connectivity index (χ0v) is 11.4. The van der Waals surface area contributed by atoms with Gasteiger partial charge in [0.05, 0.1) is 5.69 Å². The third-order valence-electron chi connectivity index (χ3n) is 2.49. The highest BCUT2D eigenvalue weighted by Gasteiger charge is 2.13. The molecular formula is C16H17NO2. The van der Waals surface area contributed by atoms with Gasteiger partial charge in [0.15, 0.2) is 0 Å². The van der Waals surface area contributed by atoms with E-state index in [9.17, 15) is 4.79 Å². The van der Waals surface area contributed by atoms with Crippen LogP contribution in [-0.4, -0.2) is 16.6 Å². The molecule has 0 fully saturated rings. The molecule has 0 saturated heterocycles. The Bertz CT molecular complexity index is 619. The first-order valence-corrected chi connectivity index (χ1v) is 6.20. The Kier molecular flexibility index (Phi) is 3.65. The zero-order valence-electron chi connectivity index (χ0n) is 11.4. The lowest BCUT2D eigenvalue weighted by Gasteiger charge is -2.17. The number of nitrogens with zero attached hydrogens (tertiary/aromatic N) is 1. The van der Waals surface area contributed by atoms with Gasteiger partial charge in [0, 0.05) is 17.7 Å². The van der Waals surface area contributed by atoms with E-state index in [0.29, 0.717) is 0 Å². The number of benzene rings is 1. The average Bonchev–Trinajstić information content (AvgIpc) is 2.34. The Balaban J connectivity index is 2.24. The molecule has 0 N–H and O–H groups in total. The second kappa shape index (κ2) is 5.22. The van der Waals surface area contributed by atoms with Gasteiger partial charge in [-0.25, -0.2) is 4.79 Å². The summed E-state index contributed by atoms with van der Waals surface area (Å²) >= 11 is 0. The summed E-state index contributed by atoms with van der Waals surface area (Å²) in [4.78, 5) is 15.9. The van der Waals surface area contributed by atoms with E-state index in [1.165, 1.54) is 6.08 Å². The predicted octanol–water partition coefficient (Wildman–Crippen LogP) is 3.59. The fourth-order valence-electron chi connectivity index (χ4n) is 1.76. The van der Waals surface area contributed by atoms with E-state index in [-0.39, 0.29) is 5.97 Å². The maximum atomic E-state index is 11.6. The summed E-state index contributed by atoms with van der Waals surface area (Å²) in [5.41, 5.74) is 0.289. The molecule has 1 aromatic heterocycles. The van der Waals surface area contributed by atoms with Crippen LogP contribution in [0.4, 0.5) is 0 Å². The minimum Gasteiger partial charge on any atom is -0.457 e. The summed E-state index contributed by atoms with van der Waals surface area (Å²) < 4.78 is 5.22. The number of esters is 1. The maximum absolute atomic E-state index is 11.6.